The third kappa shape index (κ3) is 1.14. The van der Waals surface area contributed by atoms with Crippen molar-refractivity contribution >= 4 is 11.8 Å². The summed E-state index contributed by atoms with van der Waals surface area (Å²) >= 11 is 0. The normalized spacial score (nSPS) is 9.64. The highest BCUT2D eigenvalue weighted by atomic mass is 19.1. The molecule has 0 aliphatic carbocycles. The van der Waals surface area contributed by atoms with Gasteiger partial charge in [-0.05, 0) is 0 Å². The van der Waals surface area contributed by atoms with E-state index in [2.05, 4.69) is 14.9 Å². The molecule has 1 rings (SSSR count). The Morgan fingerprint density at radius 2 is 2.45 bits per heavy atom. The van der Waals surface area contributed by atoms with Gasteiger partial charge in [0.15, 0.2) is 17.3 Å². The minimum absolute atomic E-state index is 0.342. The number of aromatic amines is 1. The largest absolute Gasteiger partial charge is 0.464 e. The number of H-pyrrole nitrogens is 1. The first kappa shape index (κ1) is 7.52. The van der Waals surface area contributed by atoms with E-state index in [1.807, 2.05) is 0 Å². The molecule has 0 aromatic carbocycles. The van der Waals surface area contributed by atoms with Gasteiger partial charge in [0.25, 0.3) is 0 Å². The van der Waals surface area contributed by atoms with Gasteiger partial charge < -0.3 is 10.5 Å². The van der Waals surface area contributed by atoms with Gasteiger partial charge in [-0.15, -0.1) is 0 Å². The number of carbonyl (C=O) groups excluding carboxylic acids is 1. The maximum absolute atomic E-state index is 12.7. The fourth-order valence-electron chi connectivity index (χ4n) is 0.580. The molecule has 0 fully saturated rings. The number of rotatable bonds is 1. The summed E-state index contributed by atoms with van der Waals surface area (Å²) in [5.74, 6) is -2.05. The molecule has 0 saturated heterocycles. The molecular weight excluding hydrogens is 153 g/mol. The van der Waals surface area contributed by atoms with E-state index in [1.165, 1.54) is 0 Å². The summed E-state index contributed by atoms with van der Waals surface area (Å²) in [5, 5.41) is 5.36. The number of carbonyl (C=O) groups is 1. The van der Waals surface area contributed by atoms with E-state index in [4.69, 9.17) is 5.73 Å². The summed E-state index contributed by atoms with van der Waals surface area (Å²) in [6.07, 6.45) is 0. The summed E-state index contributed by atoms with van der Waals surface area (Å²) in [6.45, 7) is 0. The first-order chi connectivity index (χ1) is 5.16. The Bertz CT molecular complexity index is 283. The standard InChI is InChI=1S/C5H6FN3O2/c1-11-5(10)3-2(6)4(7)9-8-3/h1H3,(H3,7,8,9). The third-order valence-corrected chi connectivity index (χ3v) is 1.12. The Labute approximate surface area is 61.3 Å². The van der Waals surface area contributed by atoms with E-state index < -0.39 is 11.8 Å². The van der Waals surface area contributed by atoms with Gasteiger partial charge in [-0.3, -0.25) is 5.10 Å². The number of esters is 1. The summed E-state index contributed by atoms with van der Waals surface area (Å²) in [7, 11) is 1.14. The lowest BCUT2D eigenvalue weighted by Gasteiger charge is -1.92. The first-order valence-corrected chi connectivity index (χ1v) is 2.74. The van der Waals surface area contributed by atoms with Gasteiger partial charge in [0.1, 0.15) is 0 Å². The molecule has 6 heteroatoms. The molecule has 1 heterocycles. The summed E-state index contributed by atoms with van der Waals surface area (Å²) in [4.78, 5) is 10.7. The van der Waals surface area contributed by atoms with Gasteiger partial charge in [0, 0.05) is 0 Å². The Morgan fingerprint density at radius 3 is 2.82 bits per heavy atom. The summed E-state index contributed by atoms with van der Waals surface area (Å²) in [5.41, 5.74) is 4.65. The van der Waals surface area contributed by atoms with Crippen LogP contribution in [0.5, 0.6) is 0 Å². The maximum atomic E-state index is 12.7. The summed E-state index contributed by atoms with van der Waals surface area (Å²) in [6, 6.07) is 0. The second-order valence-corrected chi connectivity index (χ2v) is 1.79. The SMILES string of the molecule is COC(=O)c1[nH]nc(N)c1F. The Balaban J connectivity index is 3.04. The van der Waals surface area contributed by atoms with Crippen molar-refractivity contribution in [2.45, 2.75) is 0 Å². The molecule has 1 aromatic heterocycles. The molecule has 0 atom stereocenters. The number of nitrogens with one attached hydrogen (secondary N) is 1. The number of anilines is 1. The van der Waals surface area contributed by atoms with Crippen molar-refractivity contribution in [1.82, 2.24) is 10.2 Å². The Kier molecular flexibility index (Phi) is 1.75. The Hall–Kier alpha value is -1.59. The van der Waals surface area contributed by atoms with Crippen molar-refractivity contribution in [2.75, 3.05) is 12.8 Å². The van der Waals surface area contributed by atoms with Crippen LogP contribution < -0.4 is 5.73 Å². The lowest BCUT2D eigenvalue weighted by Crippen LogP contribution is -2.04. The lowest BCUT2D eigenvalue weighted by molar-refractivity contribution is 0.0589. The zero-order valence-corrected chi connectivity index (χ0v) is 5.72. The van der Waals surface area contributed by atoms with Crippen molar-refractivity contribution in [3.8, 4) is 0 Å². The average molecular weight is 159 g/mol. The van der Waals surface area contributed by atoms with E-state index >= 15 is 0 Å². The molecule has 0 spiro atoms. The van der Waals surface area contributed by atoms with E-state index in [-0.39, 0.29) is 11.5 Å². The van der Waals surface area contributed by atoms with Gasteiger partial charge >= 0.3 is 5.97 Å². The third-order valence-electron chi connectivity index (χ3n) is 1.12. The molecule has 0 amide bonds. The molecule has 0 aliphatic rings. The molecule has 0 radical (unpaired) electrons. The van der Waals surface area contributed by atoms with Crippen LogP contribution in [0.1, 0.15) is 10.5 Å². The number of halogens is 1. The molecule has 1 aromatic rings. The highest BCUT2D eigenvalue weighted by Crippen LogP contribution is 2.10. The fraction of sp³-hybridized carbons (Fsp3) is 0.200. The van der Waals surface area contributed by atoms with Gasteiger partial charge in [-0.2, -0.15) is 5.10 Å². The topological polar surface area (TPSA) is 81.0 Å². The molecule has 0 unspecified atom stereocenters. The van der Waals surface area contributed by atoms with E-state index in [9.17, 15) is 9.18 Å². The Morgan fingerprint density at radius 1 is 1.82 bits per heavy atom. The number of ether oxygens (including phenoxy) is 1. The smallest absolute Gasteiger partial charge is 0.359 e. The monoisotopic (exact) mass is 159 g/mol. The first-order valence-electron chi connectivity index (χ1n) is 2.74. The second-order valence-electron chi connectivity index (χ2n) is 1.79. The number of nitrogens with zero attached hydrogens (tertiary/aromatic N) is 1. The fourth-order valence-corrected chi connectivity index (χ4v) is 0.580. The highest BCUT2D eigenvalue weighted by Gasteiger charge is 2.17. The van der Waals surface area contributed by atoms with Crippen LogP contribution in [0.4, 0.5) is 10.2 Å². The summed E-state index contributed by atoms with van der Waals surface area (Å²) < 4.78 is 16.9. The average Bonchev–Trinajstić information content (AvgIpc) is 2.32. The lowest BCUT2D eigenvalue weighted by atomic mass is 10.4. The number of hydrogen-bond acceptors (Lipinski definition) is 4. The van der Waals surface area contributed by atoms with Crippen LogP contribution in [0.15, 0.2) is 0 Å². The van der Waals surface area contributed by atoms with Gasteiger partial charge in [0.2, 0.25) is 0 Å². The van der Waals surface area contributed by atoms with Crippen molar-refractivity contribution in [1.29, 1.82) is 0 Å². The van der Waals surface area contributed by atoms with E-state index in [0.29, 0.717) is 0 Å². The number of hydrogen-bond donors (Lipinski definition) is 2. The van der Waals surface area contributed by atoms with Crippen molar-refractivity contribution < 1.29 is 13.9 Å². The number of nitrogen functional groups attached to an aromatic ring is 1. The molecule has 60 valence electrons. The van der Waals surface area contributed by atoms with Gasteiger partial charge in [-0.25, -0.2) is 9.18 Å². The second kappa shape index (κ2) is 2.57. The molecular formula is C5H6FN3O2. The van der Waals surface area contributed by atoms with Crippen LogP contribution in [0.3, 0.4) is 0 Å². The molecule has 0 aliphatic heterocycles. The molecule has 0 saturated carbocycles. The van der Waals surface area contributed by atoms with Crippen molar-refractivity contribution in [3.63, 3.8) is 0 Å². The molecule has 3 N–H and O–H groups in total. The minimum Gasteiger partial charge on any atom is -0.464 e. The number of aromatic nitrogens is 2. The van der Waals surface area contributed by atoms with Crippen molar-refractivity contribution in [3.05, 3.63) is 11.5 Å². The number of methoxy groups -OCH3 is 1. The van der Waals surface area contributed by atoms with Crippen LogP contribution in [0.25, 0.3) is 0 Å². The van der Waals surface area contributed by atoms with Crippen LogP contribution in [0.2, 0.25) is 0 Å². The van der Waals surface area contributed by atoms with Gasteiger partial charge in [-0.1, -0.05) is 0 Å². The maximum Gasteiger partial charge on any atom is 0.359 e. The minimum atomic E-state index is -0.878. The van der Waals surface area contributed by atoms with Gasteiger partial charge in [0.05, 0.1) is 7.11 Å². The van der Waals surface area contributed by atoms with Crippen LogP contribution in [-0.2, 0) is 4.74 Å². The molecule has 5 nitrogen and oxygen atoms in total. The zero-order valence-electron chi connectivity index (χ0n) is 5.72. The zero-order chi connectivity index (χ0) is 8.43. The van der Waals surface area contributed by atoms with E-state index in [1.54, 1.807) is 0 Å². The van der Waals surface area contributed by atoms with Crippen LogP contribution in [-0.4, -0.2) is 23.3 Å². The quantitative estimate of drug-likeness (QED) is 0.561. The van der Waals surface area contributed by atoms with E-state index in [0.717, 1.165) is 7.11 Å². The number of nitrogens with two attached hydrogens (primary N) is 1. The van der Waals surface area contributed by atoms with Crippen LogP contribution in [0, 0.1) is 5.82 Å². The molecule has 0 bridgehead atoms. The predicted octanol–water partition coefficient (Wildman–Crippen LogP) is -0.0824. The predicted molar refractivity (Wildman–Crippen MR) is 34.3 cm³/mol. The van der Waals surface area contributed by atoms with Crippen LogP contribution >= 0.6 is 0 Å². The van der Waals surface area contributed by atoms with Crippen molar-refractivity contribution in [2.24, 2.45) is 0 Å². The molecule has 11 heavy (non-hydrogen) atoms. The highest BCUT2D eigenvalue weighted by molar-refractivity contribution is 5.88.